The standard InChI is InChI=1S/C12H28O4Si/c1-5-6-7-8-9-10-11-17(14-3,15-4)16-12-13-2/h5-12H2,1-4H3. The molecule has 5 heteroatoms. The van der Waals surface area contributed by atoms with Crippen LogP contribution in [0.2, 0.25) is 6.04 Å². The van der Waals surface area contributed by atoms with Gasteiger partial charge in [-0.05, 0) is 6.42 Å². The van der Waals surface area contributed by atoms with Crippen LogP contribution in [0, 0.1) is 0 Å². The highest BCUT2D eigenvalue weighted by atomic mass is 28.4. The normalized spacial score (nSPS) is 12.0. The summed E-state index contributed by atoms with van der Waals surface area (Å²) in [6.07, 6.45) is 7.54. The molecule has 0 saturated heterocycles. The van der Waals surface area contributed by atoms with Crippen molar-refractivity contribution in [2.24, 2.45) is 0 Å². The van der Waals surface area contributed by atoms with Gasteiger partial charge in [0.05, 0.1) is 0 Å². The van der Waals surface area contributed by atoms with E-state index in [1.807, 2.05) is 0 Å². The minimum atomic E-state index is -2.46. The SMILES string of the molecule is CCCCCCCC[Si](OC)(OC)OCOC. The second-order valence-electron chi connectivity index (χ2n) is 4.16. The molecule has 0 aromatic heterocycles. The van der Waals surface area contributed by atoms with Gasteiger partial charge in [-0.25, -0.2) is 0 Å². The third kappa shape index (κ3) is 7.89. The van der Waals surface area contributed by atoms with Crippen LogP contribution in [0.3, 0.4) is 0 Å². The lowest BCUT2D eigenvalue weighted by Crippen LogP contribution is -2.44. The van der Waals surface area contributed by atoms with Crippen molar-refractivity contribution in [2.75, 3.05) is 28.1 Å². The second kappa shape index (κ2) is 11.2. The lowest BCUT2D eigenvalue weighted by molar-refractivity contribution is -0.0109. The number of hydrogen-bond acceptors (Lipinski definition) is 4. The maximum Gasteiger partial charge on any atom is 0.502 e. The molecule has 0 aromatic rings. The highest BCUT2D eigenvalue weighted by Crippen LogP contribution is 2.19. The lowest BCUT2D eigenvalue weighted by atomic mass is 10.1. The highest BCUT2D eigenvalue weighted by Gasteiger charge is 2.38. The predicted octanol–water partition coefficient (Wildman–Crippen LogP) is 3.20. The van der Waals surface area contributed by atoms with Crippen molar-refractivity contribution >= 4 is 8.80 Å². The molecule has 0 radical (unpaired) electrons. The molecule has 0 N–H and O–H groups in total. The molecule has 0 atom stereocenters. The third-order valence-corrected chi connectivity index (χ3v) is 5.62. The van der Waals surface area contributed by atoms with E-state index in [2.05, 4.69) is 6.92 Å². The molecular formula is C12H28O4Si. The van der Waals surface area contributed by atoms with Crippen molar-refractivity contribution in [1.29, 1.82) is 0 Å². The zero-order valence-corrected chi connectivity index (χ0v) is 12.8. The molecule has 4 nitrogen and oxygen atoms in total. The minimum Gasteiger partial charge on any atom is -0.377 e. The molecule has 0 rings (SSSR count). The fourth-order valence-electron chi connectivity index (χ4n) is 1.75. The summed E-state index contributed by atoms with van der Waals surface area (Å²) in [4.78, 5) is 0. The van der Waals surface area contributed by atoms with Gasteiger partial charge in [0.15, 0.2) is 0 Å². The van der Waals surface area contributed by atoms with Crippen LogP contribution in [0.1, 0.15) is 45.4 Å². The summed E-state index contributed by atoms with van der Waals surface area (Å²) < 4.78 is 21.4. The molecule has 0 aliphatic rings. The zero-order chi connectivity index (χ0) is 13.0. The van der Waals surface area contributed by atoms with E-state index in [9.17, 15) is 0 Å². The van der Waals surface area contributed by atoms with Crippen LogP contribution in [-0.4, -0.2) is 36.9 Å². The summed E-state index contributed by atoms with van der Waals surface area (Å²) in [7, 11) is 2.46. The Morgan fingerprint density at radius 3 is 1.94 bits per heavy atom. The molecule has 0 spiro atoms. The van der Waals surface area contributed by atoms with E-state index < -0.39 is 8.80 Å². The smallest absolute Gasteiger partial charge is 0.377 e. The average Bonchev–Trinajstić information content (AvgIpc) is 2.38. The summed E-state index contributed by atoms with van der Waals surface area (Å²) in [6.45, 7) is 2.47. The molecule has 0 aliphatic heterocycles. The van der Waals surface area contributed by atoms with Gasteiger partial charge >= 0.3 is 8.80 Å². The van der Waals surface area contributed by atoms with E-state index in [4.69, 9.17) is 18.0 Å². The summed E-state index contributed by atoms with van der Waals surface area (Å²) in [5, 5.41) is 0. The molecule has 0 unspecified atom stereocenters. The first-order valence-corrected chi connectivity index (χ1v) is 8.41. The second-order valence-corrected chi connectivity index (χ2v) is 7.13. The zero-order valence-electron chi connectivity index (χ0n) is 11.8. The van der Waals surface area contributed by atoms with Crippen molar-refractivity contribution in [1.82, 2.24) is 0 Å². The van der Waals surface area contributed by atoms with Crippen LogP contribution in [0.25, 0.3) is 0 Å². The van der Waals surface area contributed by atoms with Crippen LogP contribution < -0.4 is 0 Å². The Bertz CT molecular complexity index is 163. The Labute approximate surface area is 107 Å². The summed E-state index contributed by atoms with van der Waals surface area (Å²) in [5.41, 5.74) is 0. The maximum absolute atomic E-state index is 5.58. The first kappa shape index (κ1) is 17.1. The number of rotatable bonds is 12. The first-order valence-electron chi connectivity index (χ1n) is 6.48. The van der Waals surface area contributed by atoms with Gasteiger partial charge in [0, 0.05) is 27.4 Å². The fraction of sp³-hybridized carbons (Fsp3) is 1.00. The fourth-order valence-corrected chi connectivity index (χ4v) is 3.68. The molecule has 0 fully saturated rings. The van der Waals surface area contributed by atoms with Crippen LogP contribution in [0.5, 0.6) is 0 Å². The van der Waals surface area contributed by atoms with Gasteiger partial charge in [0.1, 0.15) is 6.79 Å². The molecule has 17 heavy (non-hydrogen) atoms. The topological polar surface area (TPSA) is 36.9 Å². The summed E-state index contributed by atoms with van der Waals surface area (Å²) in [6, 6.07) is 0.871. The number of unbranched alkanes of at least 4 members (excludes halogenated alkanes) is 5. The van der Waals surface area contributed by atoms with E-state index in [-0.39, 0.29) is 6.79 Å². The molecular weight excluding hydrogens is 236 g/mol. The molecule has 0 aromatic carbocycles. The van der Waals surface area contributed by atoms with Crippen LogP contribution >= 0.6 is 0 Å². The van der Waals surface area contributed by atoms with Gasteiger partial charge in [0.2, 0.25) is 0 Å². The highest BCUT2D eigenvalue weighted by molar-refractivity contribution is 6.60. The maximum atomic E-state index is 5.58. The van der Waals surface area contributed by atoms with Crippen molar-refractivity contribution in [3.8, 4) is 0 Å². The lowest BCUT2D eigenvalue weighted by Gasteiger charge is -2.25. The monoisotopic (exact) mass is 264 g/mol. The van der Waals surface area contributed by atoms with E-state index in [0.29, 0.717) is 0 Å². The van der Waals surface area contributed by atoms with Crippen molar-refractivity contribution < 1.29 is 18.0 Å². The van der Waals surface area contributed by atoms with E-state index in [1.54, 1.807) is 21.3 Å². The summed E-state index contributed by atoms with van der Waals surface area (Å²) >= 11 is 0. The van der Waals surface area contributed by atoms with Crippen molar-refractivity contribution in [2.45, 2.75) is 51.5 Å². The quantitative estimate of drug-likeness (QED) is 0.308. The Morgan fingerprint density at radius 1 is 0.824 bits per heavy atom. The predicted molar refractivity (Wildman–Crippen MR) is 70.9 cm³/mol. The molecule has 0 bridgehead atoms. The van der Waals surface area contributed by atoms with E-state index in [1.165, 1.54) is 32.1 Å². The Balaban J connectivity index is 3.75. The third-order valence-electron chi connectivity index (χ3n) is 2.86. The van der Waals surface area contributed by atoms with Gasteiger partial charge in [-0.1, -0.05) is 39.0 Å². The van der Waals surface area contributed by atoms with Crippen molar-refractivity contribution in [3.63, 3.8) is 0 Å². The molecule has 0 aliphatic carbocycles. The van der Waals surface area contributed by atoms with Crippen LogP contribution in [0.4, 0.5) is 0 Å². The van der Waals surface area contributed by atoms with Gasteiger partial charge in [-0.15, -0.1) is 0 Å². The first-order chi connectivity index (χ1) is 8.24. The van der Waals surface area contributed by atoms with Gasteiger partial charge < -0.3 is 18.0 Å². The molecule has 0 amide bonds. The average molecular weight is 264 g/mol. The Kier molecular flexibility index (Phi) is 11.2. The minimum absolute atomic E-state index is 0.240. The molecule has 104 valence electrons. The number of hydrogen-bond donors (Lipinski definition) is 0. The van der Waals surface area contributed by atoms with E-state index in [0.717, 1.165) is 12.5 Å². The summed E-state index contributed by atoms with van der Waals surface area (Å²) in [5.74, 6) is 0. The Hall–Kier alpha value is 0.0569. The van der Waals surface area contributed by atoms with Gasteiger partial charge in [0.25, 0.3) is 0 Å². The van der Waals surface area contributed by atoms with Crippen LogP contribution in [-0.2, 0) is 18.0 Å². The van der Waals surface area contributed by atoms with Crippen LogP contribution in [0.15, 0.2) is 0 Å². The largest absolute Gasteiger partial charge is 0.502 e. The van der Waals surface area contributed by atoms with Crippen molar-refractivity contribution in [3.05, 3.63) is 0 Å². The molecule has 0 saturated carbocycles. The van der Waals surface area contributed by atoms with Gasteiger partial charge in [-0.3, -0.25) is 0 Å². The Morgan fingerprint density at radius 2 is 1.41 bits per heavy atom. The van der Waals surface area contributed by atoms with Gasteiger partial charge in [-0.2, -0.15) is 0 Å². The number of methoxy groups -OCH3 is 1. The van der Waals surface area contributed by atoms with E-state index >= 15 is 0 Å². The molecule has 0 heterocycles. The number of ether oxygens (including phenoxy) is 1.